The number of thiazole rings is 1. The smallest absolute Gasteiger partial charge is 0.282 e. The van der Waals surface area contributed by atoms with Crippen LogP contribution in [0.1, 0.15) is 19.4 Å². The van der Waals surface area contributed by atoms with Gasteiger partial charge in [-0.25, -0.2) is 4.98 Å². The van der Waals surface area contributed by atoms with Gasteiger partial charge in [-0.3, -0.25) is 4.79 Å². The van der Waals surface area contributed by atoms with E-state index in [0.717, 1.165) is 39.5 Å². The van der Waals surface area contributed by atoms with Gasteiger partial charge >= 0.3 is 0 Å². The molecule has 0 N–H and O–H groups in total. The molecule has 0 unspecified atom stereocenters. The Bertz CT molecular complexity index is 1410. The average Bonchev–Trinajstić information content (AvgIpc) is 3.46. The minimum absolute atomic E-state index is 0.159. The number of carbonyl (C=O) groups excluding carboxylic acids is 1. The third-order valence-electron chi connectivity index (χ3n) is 5.94. The first-order valence-electron chi connectivity index (χ1n) is 11.8. The lowest BCUT2D eigenvalue weighted by molar-refractivity contribution is -0.114. The van der Waals surface area contributed by atoms with E-state index < -0.39 is 0 Å². The van der Waals surface area contributed by atoms with Gasteiger partial charge in [0.15, 0.2) is 0 Å². The summed E-state index contributed by atoms with van der Waals surface area (Å²) in [4.78, 5) is 21.6. The minimum Gasteiger partial charge on any atom is -0.372 e. The summed E-state index contributed by atoms with van der Waals surface area (Å²) in [7, 11) is 0. The fourth-order valence-electron chi connectivity index (χ4n) is 4.01. The van der Waals surface area contributed by atoms with Gasteiger partial charge in [0.2, 0.25) is 5.13 Å². The predicted octanol–water partition coefficient (Wildman–Crippen LogP) is 7.37. The first kappa shape index (κ1) is 24.6. The van der Waals surface area contributed by atoms with Crippen LogP contribution in [0.2, 0.25) is 5.02 Å². The molecular weight excluding hydrogens is 508 g/mol. The second kappa shape index (κ2) is 10.9. The predicted molar refractivity (Wildman–Crippen MR) is 155 cm³/mol. The zero-order chi connectivity index (χ0) is 25.1. The number of thioether (sulfide) groups is 1. The Hall–Kier alpha value is -3.13. The number of carbonyl (C=O) groups is 1. The van der Waals surface area contributed by atoms with Crippen molar-refractivity contribution < 1.29 is 4.79 Å². The van der Waals surface area contributed by atoms with Crippen LogP contribution in [0.4, 0.5) is 10.8 Å². The summed E-state index contributed by atoms with van der Waals surface area (Å²) in [6.45, 7) is 6.19. The number of halogens is 1. The summed E-state index contributed by atoms with van der Waals surface area (Å²) in [5.41, 5.74) is 4.31. The number of hydrogen-bond acceptors (Lipinski definition) is 6. The van der Waals surface area contributed by atoms with E-state index in [2.05, 4.69) is 48.0 Å². The van der Waals surface area contributed by atoms with Crippen LogP contribution in [-0.2, 0) is 4.79 Å². The van der Waals surface area contributed by atoms with Crippen LogP contribution in [0.5, 0.6) is 0 Å². The maximum absolute atomic E-state index is 13.6. The molecule has 1 aliphatic heterocycles. The van der Waals surface area contributed by atoms with Gasteiger partial charge in [0.05, 0.1) is 21.5 Å². The highest BCUT2D eigenvalue weighted by Crippen LogP contribution is 2.34. The Morgan fingerprint density at radius 1 is 1.00 bits per heavy atom. The van der Waals surface area contributed by atoms with Crippen LogP contribution in [0.15, 0.2) is 88.4 Å². The summed E-state index contributed by atoms with van der Waals surface area (Å²) in [6, 6.07) is 23.9. The highest BCUT2D eigenvalue weighted by Gasteiger charge is 2.33. The third-order valence-corrected chi connectivity index (χ3v) is 8.23. The van der Waals surface area contributed by atoms with Gasteiger partial charge in [0.25, 0.3) is 5.91 Å². The molecule has 36 heavy (non-hydrogen) atoms. The van der Waals surface area contributed by atoms with Gasteiger partial charge in [-0.1, -0.05) is 47.2 Å². The normalized spacial score (nSPS) is 14.6. The van der Waals surface area contributed by atoms with E-state index in [4.69, 9.17) is 16.7 Å². The Morgan fingerprint density at radius 3 is 2.42 bits per heavy atom. The van der Waals surface area contributed by atoms with Gasteiger partial charge in [-0.15, -0.1) is 11.8 Å². The van der Waals surface area contributed by atoms with Crippen molar-refractivity contribution in [3.8, 4) is 0 Å². The Kier molecular flexibility index (Phi) is 7.41. The van der Waals surface area contributed by atoms with E-state index in [1.165, 1.54) is 22.0 Å². The van der Waals surface area contributed by atoms with Crippen molar-refractivity contribution in [1.29, 1.82) is 0 Å². The number of hydrogen-bond donors (Lipinski definition) is 0. The van der Waals surface area contributed by atoms with E-state index >= 15 is 0 Å². The SMILES string of the molecule is CCN(CC)c1ccc(/C=C2\C(=O)N(c3nc4ccccc4s3)N=C2CSc2ccc(Cl)cc2)cc1. The zero-order valence-corrected chi connectivity index (χ0v) is 22.4. The van der Waals surface area contributed by atoms with Crippen LogP contribution in [-0.4, -0.2) is 35.4 Å². The molecule has 2 heterocycles. The molecule has 1 aromatic heterocycles. The number of nitrogens with zero attached hydrogens (tertiary/aromatic N) is 4. The summed E-state index contributed by atoms with van der Waals surface area (Å²) >= 11 is 9.13. The van der Waals surface area contributed by atoms with Crippen molar-refractivity contribution in [3.63, 3.8) is 0 Å². The van der Waals surface area contributed by atoms with E-state index in [-0.39, 0.29) is 5.91 Å². The monoisotopic (exact) mass is 532 g/mol. The maximum atomic E-state index is 13.6. The molecular formula is C28H25ClN4OS2. The number of amides is 1. The second-order valence-corrected chi connectivity index (χ2v) is 10.7. The number of aromatic nitrogens is 1. The molecule has 3 aromatic carbocycles. The standard InChI is InChI=1S/C28H25ClN4OS2/c1-3-32(4-2)21-13-9-19(10-14-21)17-23-25(18-35-22-15-11-20(29)12-16-22)31-33(27(23)34)28-30-24-7-5-6-8-26(24)36-28/h5-17H,3-4,18H2,1-2H3/b23-17-. The lowest BCUT2D eigenvalue weighted by Crippen LogP contribution is -2.21. The Balaban J connectivity index is 1.47. The molecule has 0 aliphatic carbocycles. The van der Waals surface area contributed by atoms with Crippen molar-refractivity contribution in [3.05, 3.63) is 89.0 Å². The van der Waals surface area contributed by atoms with E-state index in [1.54, 1.807) is 11.8 Å². The molecule has 1 amide bonds. The van der Waals surface area contributed by atoms with Gasteiger partial charge in [0.1, 0.15) is 0 Å². The number of para-hydroxylation sites is 1. The van der Waals surface area contributed by atoms with Crippen molar-refractivity contribution in [2.45, 2.75) is 18.7 Å². The summed E-state index contributed by atoms with van der Waals surface area (Å²) in [5, 5.41) is 7.46. The van der Waals surface area contributed by atoms with Gasteiger partial charge in [-0.2, -0.15) is 10.1 Å². The molecule has 4 aromatic rings. The van der Waals surface area contributed by atoms with Crippen LogP contribution in [0, 0.1) is 0 Å². The van der Waals surface area contributed by atoms with Crippen LogP contribution in [0.3, 0.4) is 0 Å². The molecule has 0 fully saturated rings. The molecule has 0 spiro atoms. The maximum Gasteiger partial charge on any atom is 0.282 e. The lowest BCUT2D eigenvalue weighted by atomic mass is 10.1. The molecule has 5 nitrogen and oxygen atoms in total. The highest BCUT2D eigenvalue weighted by molar-refractivity contribution is 8.00. The van der Waals surface area contributed by atoms with Gasteiger partial charge in [-0.05, 0) is 74.0 Å². The van der Waals surface area contributed by atoms with Crippen molar-refractivity contribution in [2.24, 2.45) is 5.10 Å². The third kappa shape index (κ3) is 5.19. The lowest BCUT2D eigenvalue weighted by Gasteiger charge is -2.20. The quantitative estimate of drug-likeness (QED) is 0.175. The highest BCUT2D eigenvalue weighted by atomic mass is 35.5. The zero-order valence-electron chi connectivity index (χ0n) is 20.0. The van der Waals surface area contributed by atoms with Crippen LogP contribution in [0.25, 0.3) is 16.3 Å². The molecule has 0 atom stereocenters. The van der Waals surface area contributed by atoms with Gasteiger partial charge in [0, 0.05) is 34.4 Å². The van der Waals surface area contributed by atoms with Crippen LogP contribution >= 0.6 is 34.7 Å². The largest absolute Gasteiger partial charge is 0.372 e. The fraction of sp³-hybridized carbons (Fsp3) is 0.179. The molecule has 0 radical (unpaired) electrons. The van der Waals surface area contributed by atoms with E-state index in [0.29, 0.717) is 21.5 Å². The Morgan fingerprint density at radius 2 is 1.72 bits per heavy atom. The molecule has 0 bridgehead atoms. The van der Waals surface area contributed by atoms with E-state index in [9.17, 15) is 4.79 Å². The number of benzene rings is 3. The molecule has 1 aliphatic rings. The molecule has 0 saturated heterocycles. The first-order valence-corrected chi connectivity index (χ1v) is 14.0. The first-order chi connectivity index (χ1) is 17.6. The number of fused-ring (bicyclic) bond motifs is 1. The number of anilines is 2. The van der Waals surface area contributed by atoms with Gasteiger partial charge < -0.3 is 4.90 Å². The van der Waals surface area contributed by atoms with Crippen molar-refractivity contribution in [2.75, 3.05) is 28.8 Å². The summed E-state index contributed by atoms with van der Waals surface area (Å²) < 4.78 is 1.03. The van der Waals surface area contributed by atoms with E-state index in [1.807, 2.05) is 54.6 Å². The van der Waals surface area contributed by atoms with Crippen molar-refractivity contribution in [1.82, 2.24) is 4.98 Å². The molecule has 182 valence electrons. The molecule has 0 saturated carbocycles. The topological polar surface area (TPSA) is 48.8 Å². The minimum atomic E-state index is -0.159. The average molecular weight is 533 g/mol. The fourth-order valence-corrected chi connectivity index (χ4v) is 5.90. The second-order valence-electron chi connectivity index (χ2n) is 8.19. The summed E-state index contributed by atoms with van der Waals surface area (Å²) in [6.07, 6.45) is 1.93. The van der Waals surface area contributed by atoms with Crippen molar-refractivity contribution >= 4 is 73.4 Å². The van der Waals surface area contributed by atoms with Crippen LogP contribution < -0.4 is 9.91 Å². The molecule has 5 rings (SSSR count). The number of hydrazone groups is 1. The molecule has 8 heteroatoms. The number of rotatable bonds is 8. The summed E-state index contributed by atoms with van der Waals surface area (Å²) in [5.74, 6) is 0.395. The Labute approximate surface area is 224 Å².